The Bertz CT molecular complexity index is 951. The van der Waals surface area contributed by atoms with Crippen LogP contribution in [0.2, 0.25) is 0 Å². The zero-order valence-corrected chi connectivity index (χ0v) is 15.3. The summed E-state index contributed by atoms with van der Waals surface area (Å²) < 4.78 is 7.31. The molecule has 7 heteroatoms. The van der Waals surface area contributed by atoms with Gasteiger partial charge in [-0.15, -0.1) is 0 Å². The van der Waals surface area contributed by atoms with Crippen molar-refractivity contribution in [2.24, 2.45) is 0 Å². The van der Waals surface area contributed by atoms with Crippen LogP contribution in [-0.4, -0.2) is 44.6 Å². The van der Waals surface area contributed by atoms with Crippen LogP contribution < -0.4 is 5.56 Å². The Labute approximate surface area is 157 Å². The third-order valence-corrected chi connectivity index (χ3v) is 4.95. The largest absolute Gasteiger partial charge is 0.378 e. The number of ether oxygens (including phenoxy) is 1. The number of methoxy groups -OCH3 is 1. The highest BCUT2D eigenvalue weighted by molar-refractivity contribution is 5.60. The summed E-state index contributed by atoms with van der Waals surface area (Å²) in [6, 6.07) is 10.0. The summed E-state index contributed by atoms with van der Waals surface area (Å²) in [7, 11) is 1.60. The number of nitrogens with one attached hydrogen (secondary N) is 1. The number of imidazole rings is 1. The highest BCUT2D eigenvalue weighted by atomic mass is 16.5. The molecule has 1 atom stereocenters. The number of likely N-dealkylation sites (tertiary alicyclic amines) is 1. The zero-order chi connectivity index (χ0) is 18.6. The van der Waals surface area contributed by atoms with Crippen LogP contribution in [0.15, 0.2) is 53.8 Å². The number of aromatic nitrogens is 4. The third-order valence-electron chi connectivity index (χ3n) is 4.95. The first-order chi connectivity index (χ1) is 13.2. The van der Waals surface area contributed by atoms with Crippen LogP contribution in [0.4, 0.5) is 0 Å². The van der Waals surface area contributed by atoms with Crippen molar-refractivity contribution < 1.29 is 4.74 Å². The Hall–Kier alpha value is -2.77. The van der Waals surface area contributed by atoms with Crippen LogP contribution in [0.1, 0.15) is 23.7 Å². The molecule has 1 fully saturated rings. The summed E-state index contributed by atoms with van der Waals surface area (Å²) in [6.07, 6.45) is 6.85. The highest BCUT2D eigenvalue weighted by Gasteiger charge is 2.24. The summed E-state index contributed by atoms with van der Waals surface area (Å²) in [5, 5.41) is 0. The number of benzene rings is 1. The molecule has 7 nitrogen and oxygen atoms in total. The minimum absolute atomic E-state index is 0.164. The molecule has 2 aromatic heterocycles. The molecule has 3 aromatic rings. The van der Waals surface area contributed by atoms with Gasteiger partial charge in [0.25, 0.3) is 5.56 Å². The molecule has 3 heterocycles. The van der Waals surface area contributed by atoms with Crippen molar-refractivity contribution >= 4 is 0 Å². The Morgan fingerprint density at radius 3 is 3.04 bits per heavy atom. The molecule has 0 bridgehead atoms. The van der Waals surface area contributed by atoms with Crippen LogP contribution in [-0.2, 0) is 17.9 Å². The fourth-order valence-corrected chi connectivity index (χ4v) is 3.67. The second-order valence-corrected chi connectivity index (χ2v) is 6.86. The minimum Gasteiger partial charge on any atom is -0.378 e. The van der Waals surface area contributed by atoms with Crippen LogP contribution in [0.5, 0.6) is 0 Å². The molecule has 0 aliphatic carbocycles. The number of aromatic amines is 1. The van der Waals surface area contributed by atoms with Crippen molar-refractivity contribution in [3.05, 3.63) is 70.7 Å². The SMILES string of the molecule is COCc1cc(=O)[nH]c(-c2ccccc2CN2CCC(n3ccnc3)C2)n1. The van der Waals surface area contributed by atoms with E-state index in [1.54, 1.807) is 7.11 Å². The molecule has 27 heavy (non-hydrogen) atoms. The first-order valence-electron chi connectivity index (χ1n) is 9.10. The van der Waals surface area contributed by atoms with Gasteiger partial charge in [-0.1, -0.05) is 24.3 Å². The van der Waals surface area contributed by atoms with Crippen molar-refractivity contribution in [2.75, 3.05) is 20.2 Å². The van der Waals surface area contributed by atoms with E-state index in [0.29, 0.717) is 24.2 Å². The second kappa shape index (κ2) is 7.85. The van der Waals surface area contributed by atoms with Crippen molar-refractivity contribution in [1.29, 1.82) is 0 Å². The average molecular weight is 365 g/mol. The molecule has 1 N–H and O–H groups in total. The minimum atomic E-state index is -0.164. The Kier molecular flexibility index (Phi) is 5.13. The van der Waals surface area contributed by atoms with Crippen molar-refractivity contribution in [1.82, 2.24) is 24.4 Å². The number of rotatable bonds is 6. The molecule has 0 amide bonds. The summed E-state index contributed by atoms with van der Waals surface area (Å²) in [6.45, 7) is 3.15. The Morgan fingerprint density at radius 2 is 2.22 bits per heavy atom. The number of hydrogen-bond acceptors (Lipinski definition) is 5. The maximum absolute atomic E-state index is 12.0. The van der Waals surface area contributed by atoms with E-state index in [1.165, 1.54) is 6.07 Å². The fourth-order valence-electron chi connectivity index (χ4n) is 3.67. The predicted octanol–water partition coefficient (Wildman–Crippen LogP) is 2.23. The van der Waals surface area contributed by atoms with Gasteiger partial charge in [-0.05, 0) is 12.0 Å². The molecule has 1 unspecified atom stereocenters. The molecular formula is C20H23N5O2. The molecule has 1 aliphatic rings. The van der Waals surface area contributed by atoms with Crippen LogP contribution in [0.25, 0.3) is 11.4 Å². The van der Waals surface area contributed by atoms with Crippen molar-refractivity contribution in [2.45, 2.75) is 25.6 Å². The van der Waals surface area contributed by atoms with E-state index in [1.807, 2.05) is 36.9 Å². The average Bonchev–Trinajstić information content (AvgIpc) is 3.33. The second-order valence-electron chi connectivity index (χ2n) is 6.86. The Morgan fingerprint density at radius 1 is 1.33 bits per heavy atom. The molecule has 4 rings (SSSR count). The van der Waals surface area contributed by atoms with Gasteiger partial charge in [-0.3, -0.25) is 9.69 Å². The summed E-state index contributed by atoms with van der Waals surface area (Å²) in [5.41, 5.74) is 2.58. The molecule has 140 valence electrons. The molecule has 0 spiro atoms. The van der Waals surface area contributed by atoms with Gasteiger partial charge in [0.05, 0.1) is 18.6 Å². The van der Waals surface area contributed by atoms with Gasteiger partial charge in [0.2, 0.25) is 0 Å². The molecule has 0 radical (unpaired) electrons. The van der Waals surface area contributed by atoms with Crippen LogP contribution in [0, 0.1) is 0 Å². The monoisotopic (exact) mass is 365 g/mol. The molecule has 0 saturated carbocycles. The van der Waals surface area contributed by atoms with Crippen molar-refractivity contribution in [3.8, 4) is 11.4 Å². The predicted molar refractivity (Wildman–Crippen MR) is 102 cm³/mol. The third kappa shape index (κ3) is 3.99. The maximum Gasteiger partial charge on any atom is 0.251 e. The quantitative estimate of drug-likeness (QED) is 0.725. The van der Waals surface area contributed by atoms with Gasteiger partial charge in [0, 0.05) is 56.8 Å². The van der Waals surface area contributed by atoms with E-state index in [2.05, 4.69) is 30.5 Å². The molecule has 1 aromatic carbocycles. The fraction of sp³-hybridized carbons (Fsp3) is 0.350. The number of hydrogen-bond donors (Lipinski definition) is 1. The highest BCUT2D eigenvalue weighted by Crippen LogP contribution is 2.26. The van der Waals surface area contributed by atoms with Gasteiger partial charge in [0.15, 0.2) is 0 Å². The lowest BCUT2D eigenvalue weighted by atomic mass is 10.1. The van der Waals surface area contributed by atoms with E-state index in [-0.39, 0.29) is 5.56 Å². The van der Waals surface area contributed by atoms with Gasteiger partial charge in [0.1, 0.15) is 5.82 Å². The number of nitrogens with zero attached hydrogens (tertiary/aromatic N) is 4. The van der Waals surface area contributed by atoms with E-state index >= 15 is 0 Å². The van der Waals surface area contributed by atoms with Crippen LogP contribution >= 0.6 is 0 Å². The van der Waals surface area contributed by atoms with E-state index in [4.69, 9.17) is 4.74 Å². The van der Waals surface area contributed by atoms with Crippen molar-refractivity contribution in [3.63, 3.8) is 0 Å². The molecule has 1 aliphatic heterocycles. The lowest BCUT2D eigenvalue weighted by molar-refractivity contribution is 0.181. The maximum atomic E-state index is 12.0. The lowest BCUT2D eigenvalue weighted by Crippen LogP contribution is -2.21. The van der Waals surface area contributed by atoms with Gasteiger partial charge in [-0.25, -0.2) is 9.97 Å². The van der Waals surface area contributed by atoms with Gasteiger partial charge >= 0.3 is 0 Å². The normalized spacial score (nSPS) is 17.4. The van der Waals surface area contributed by atoms with E-state index in [9.17, 15) is 4.79 Å². The van der Waals surface area contributed by atoms with E-state index < -0.39 is 0 Å². The summed E-state index contributed by atoms with van der Waals surface area (Å²) >= 11 is 0. The smallest absolute Gasteiger partial charge is 0.251 e. The number of H-pyrrole nitrogens is 1. The molecule has 1 saturated heterocycles. The lowest BCUT2D eigenvalue weighted by Gasteiger charge is -2.18. The van der Waals surface area contributed by atoms with Gasteiger partial charge in [-0.2, -0.15) is 0 Å². The van der Waals surface area contributed by atoms with Gasteiger partial charge < -0.3 is 14.3 Å². The molecular weight excluding hydrogens is 342 g/mol. The van der Waals surface area contributed by atoms with Crippen LogP contribution in [0.3, 0.4) is 0 Å². The zero-order valence-electron chi connectivity index (χ0n) is 15.3. The topological polar surface area (TPSA) is 76.0 Å². The summed E-state index contributed by atoms with van der Waals surface area (Å²) in [5.74, 6) is 0.593. The summed E-state index contributed by atoms with van der Waals surface area (Å²) in [4.78, 5) is 26.0. The van der Waals surface area contributed by atoms with E-state index in [0.717, 1.165) is 37.2 Å². The Balaban J connectivity index is 1.56. The first-order valence-corrected chi connectivity index (χ1v) is 9.10. The standard InChI is InChI=1S/C20H23N5O2/c1-27-13-16-10-19(26)23-20(22-16)18-5-3-2-4-15(18)11-24-8-6-17(12-24)25-9-7-21-14-25/h2-5,7,9-10,14,17H,6,8,11-13H2,1H3,(H,22,23,26). The first kappa shape index (κ1) is 17.6.